The summed E-state index contributed by atoms with van der Waals surface area (Å²) in [6, 6.07) is 9.05. The van der Waals surface area contributed by atoms with Crippen LogP contribution < -0.4 is 24.4 Å². The molecule has 7 nitrogen and oxygen atoms in total. The van der Waals surface area contributed by atoms with E-state index in [9.17, 15) is 14.0 Å². The zero-order valence-corrected chi connectivity index (χ0v) is 17.4. The van der Waals surface area contributed by atoms with Crippen LogP contribution in [0.15, 0.2) is 36.4 Å². The maximum atomic E-state index is 13.4. The molecule has 2 atom stereocenters. The van der Waals surface area contributed by atoms with Crippen LogP contribution in [0.4, 0.5) is 10.1 Å². The molecular weight excluding hydrogens is 391 g/mol. The highest BCUT2D eigenvalue weighted by molar-refractivity contribution is 6.00. The fourth-order valence-electron chi connectivity index (χ4n) is 3.55. The van der Waals surface area contributed by atoms with E-state index in [1.54, 1.807) is 31.2 Å². The summed E-state index contributed by atoms with van der Waals surface area (Å²) in [6.45, 7) is 2.00. The molecule has 0 aliphatic carbocycles. The van der Waals surface area contributed by atoms with Crippen LogP contribution in [-0.2, 0) is 9.59 Å². The molecule has 1 aliphatic heterocycles. The first-order valence-corrected chi connectivity index (χ1v) is 9.54. The molecule has 2 amide bonds. The van der Waals surface area contributed by atoms with Crippen molar-refractivity contribution in [2.75, 3.05) is 32.8 Å². The molecule has 3 rings (SSSR count). The van der Waals surface area contributed by atoms with Gasteiger partial charge in [0, 0.05) is 25.1 Å². The Morgan fingerprint density at radius 1 is 1.13 bits per heavy atom. The number of halogens is 1. The number of hydrogen-bond acceptors (Lipinski definition) is 5. The van der Waals surface area contributed by atoms with Crippen molar-refractivity contribution in [3.05, 3.63) is 47.8 Å². The topological polar surface area (TPSA) is 77.1 Å². The quantitative estimate of drug-likeness (QED) is 0.751. The van der Waals surface area contributed by atoms with Gasteiger partial charge in [0.05, 0.1) is 39.0 Å². The zero-order chi connectivity index (χ0) is 21.8. The summed E-state index contributed by atoms with van der Waals surface area (Å²) in [5.74, 6) is -0.0446. The largest absolute Gasteiger partial charge is 0.493 e. The summed E-state index contributed by atoms with van der Waals surface area (Å²) >= 11 is 0. The van der Waals surface area contributed by atoms with E-state index in [0.717, 1.165) is 0 Å². The van der Waals surface area contributed by atoms with Crippen molar-refractivity contribution < 1.29 is 28.2 Å². The highest BCUT2D eigenvalue weighted by Gasteiger charge is 2.36. The Morgan fingerprint density at radius 2 is 1.80 bits per heavy atom. The van der Waals surface area contributed by atoms with Gasteiger partial charge in [-0.25, -0.2) is 4.39 Å². The van der Waals surface area contributed by atoms with Crippen LogP contribution in [0.1, 0.15) is 24.9 Å². The average Bonchev–Trinajstić information content (AvgIpc) is 3.14. The number of ether oxygens (including phenoxy) is 3. The second kappa shape index (κ2) is 9.02. The first-order valence-electron chi connectivity index (χ1n) is 9.54. The van der Waals surface area contributed by atoms with E-state index in [1.807, 2.05) is 0 Å². The molecule has 2 aromatic carbocycles. The third kappa shape index (κ3) is 4.32. The number of nitrogens with one attached hydrogen (secondary N) is 1. The van der Waals surface area contributed by atoms with Crippen LogP contribution in [-0.4, -0.2) is 39.7 Å². The zero-order valence-electron chi connectivity index (χ0n) is 17.4. The molecule has 2 aromatic rings. The monoisotopic (exact) mass is 416 g/mol. The van der Waals surface area contributed by atoms with Gasteiger partial charge in [-0.2, -0.15) is 0 Å². The number of carbonyl (C=O) groups excluding carboxylic acids is 2. The van der Waals surface area contributed by atoms with Gasteiger partial charge in [-0.3, -0.25) is 9.59 Å². The highest BCUT2D eigenvalue weighted by Crippen LogP contribution is 2.42. The molecule has 30 heavy (non-hydrogen) atoms. The van der Waals surface area contributed by atoms with Crippen LogP contribution in [0, 0.1) is 11.7 Å². The first-order chi connectivity index (χ1) is 14.4. The summed E-state index contributed by atoms with van der Waals surface area (Å²) in [7, 11) is 4.50. The van der Waals surface area contributed by atoms with Gasteiger partial charge in [-0.1, -0.05) is 12.1 Å². The van der Waals surface area contributed by atoms with Crippen molar-refractivity contribution in [1.82, 2.24) is 5.32 Å². The molecule has 1 fully saturated rings. The Morgan fingerprint density at radius 3 is 2.37 bits per heavy atom. The minimum absolute atomic E-state index is 0.0817. The summed E-state index contributed by atoms with van der Waals surface area (Å²) in [6.07, 6.45) is 0.0817. The van der Waals surface area contributed by atoms with Gasteiger partial charge in [0.1, 0.15) is 5.82 Å². The molecule has 0 bridgehead atoms. The minimum Gasteiger partial charge on any atom is -0.493 e. The summed E-state index contributed by atoms with van der Waals surface area (Å²) in [4.78, 5) is 26.9. The van der Waals surface area contributed by atoms with E-state index in [2.05, 4.69) is 5.32 Å². The molecular formula is C22H25FN2O5. The van der Waals surface area contributed by atoms with Crippen molar-refractivity contribution in [2.24, 2.45) is 5.92 Å². The number of anilines is 1. The van der Waals surface area contributed by atoms with Crippen LogP contribution in [0.5, 0.6) is 17.2 Å². The summed E-state index contributed by atoms with van der Waals surface area (Å²) in [5, 5.41) is 2.87. The summed E-state index contributed by atoms with van der Waals surface area (Å²) < 4.78 is 29.4. The second-order valence-electron chi connectivity index (χ2n) is 7.07. The molecule has 1 saturated heterocycles. The standard InChI is InChI=1S/C22H25FN2O5/c1-13(14-6-5-7-16(23)8-14)24-22(27)15-9-20(26)25(12-15)17-10-18(28-2)21(30-4)19(11-17)29-3/h5-8,10-11,13,15H,9,12H2,1-4H3,(H,24,27)/t13-,15+/m0/s1. The van der Waals surface area contributed by atoms with Crippen LogP contribution in [0.3, 0.4) is 0 Å². The van der Waals surface area contributed by atoms with Gasteiger partial charge in [-0.05, 0) is 24.6 Å². The Bertz CT molecular complexity index is 924. The van der Waals surface area contributed by atoms with E-state index in [1.165, 1.54) is 38.4 Å². The third-order valence-electron chi connectivity index (χ3n) is 5.16. The number of hydrogen-bond donors (Lipinski definition) is 1. The van der Waals surface area contributed by atoms with Crippen molar-refractivity contribution in [2.45, 2.75) is 19.4 Å². The lowest BCUT2D eigenvalue weighted by atomic mass is 10.0. The van der Waals surface area contributed by atoms with Gasteiger partial charge < -0.3 is 24.4 Å². The van der Waals surface area contributed by atoms with Gasteiger partial charge in [0.15, 0.2) is 11.5 Å². The predicted octanol–water partition coefficient (Wildman–Crippen LogP) is 3.08. The maximum absolute atomic E-state index is 13.4. The molecule has 1 heterocycles. The van der Waals surface area contributed by atoms with Gasteiger partial charge in [0.2, 0.25) is 17.6 Å². The predicted molar refractivity (Wildman–Crippen MR) is 110 cm³/mol. The molecule has 0 unspecified atom stereocenters. The van der Waals surface area contributed by atoms with E-state index >= 15 is 0 Å². The van der Waals surface area contributed by atoms with Crippen molar-refractivity contribution in [3.63, 3.8) is 0 Å². The summed E-state index contributed by atoms with van der Waals surface area (Å²) in [5.41, 5.74) is 1.22. The van der Waals surface area contributed by atoms with Crippen LogP contribution in [0.25, 0.3) is 0 Å². The number of benzene rings is 2. The average molecular weight is 416 g/mol. The molecule has 0 saturated carbocycles. The number of nitrogens with zero attached hydrogens (tertiary/aromatic N) is 1. The van der Waals surface area contributed by atoms with Gasteiger partial charge in [0.25, 0.3) is 0 Å². The molecule has 160 valence electrons. The lowest BCUT2D eigenvalue weighted by molar-refractivity contribution is -0.126. The van der Waals surface area contributed by atoms with Crippen molar-refractivity contribution >= 4 is 17.5 Å². The number of amides is 2. The molecule has 1 aliphatic rings. The van der Waals surface area contributed by atoms with E-state index in [-0.39, 0.29) is 36.6 Å². The smallest absolute Gasteiger partial charge is 0.227 e. The van der Waals surface area contributed by atoms with E-state index in [0.29, 0.717) is 28.5 Å². The molecule has 8 heteroatoms. The fourth-order valence-corrected chi connectivity index (χ4v) is 3.55. The second-order valence-corrected chi connectivity index (χ2v) is 7.07. The lowest BCUT2D eigenvalue weighted by Gasteiger charge is -2.21. The molecule has 1 N–H and O–H groups in total. The number of rotatable bonds is 7. The molecule has 0 aromatic heterocycles. The normalized spacial score (nSPS) is 16.9. The van der Waals surface area contributed by atoms with Crippen molar-refractivity contribution in [3.8, 4) is 17.2 Å². The van der Waals surface area contributed by atoms with Crippen molar-refractivity contribution in [1.29, 1.82) is 0 Å². The van der Waals surface area contributed by atoms with Crippen LogP contribution >= 0.6 is 0 Å². The fraction of sp³-hybridized carbons (Fsp3) is 0.364. The van der Waals surface area contributed by atoms with E-state index < -0.39 is 5.92 Å². The van der Waals surface area contributed by atoms with Gasteiger partial charge in [-0.15, -0.1) is 0 Å². The SMILES string of the molecule is COc1cc(N2C[C@H](C(=O)N[C@@H](C)c3cccc(F)c3)CC2=O)cc(OC)c1OC. The minimum atomic E-state index is -0.521. The third-order valence-corrected chi connectivity index (χ3v) is 5.16. The van der Waals surface area contributed by atoms with Crippen LogP contribution in [0.2, 0.25) is 0 Å². The Hall–Kier alpha value is -3.29. The molecule has 0 spiro atoms. The lowest BCUT2D eigenvalue weighted by Crippen LogP contribution is -2.34. The Balaban J connectivity index is 1.75. The number of methoxy groups -OCH3 is 3. The first kappa shape index (κ1) is 21.4. The van der Waals surface area contributed by atoms with E-state index in [4.69, 9.17) is 14.2 Å². The van der Waals surface area contributed by atoms with Gasteiger partial charge >= 0.3 is 0 Å². The maximum Gasteiger partial charge on any atom is 0.227 e. The Labute approximate surface area is 174 Å². The highest BCUT2D eigenvalue weighted by atomic mass is 19.1. The Kier molecular flexibility index (Phi) is 6.44. The molecule has 0 radical (unpaired) electrons. The number of carbonyl (C=O) groups is 2.